The fourth-order valence-corrected chi connectivity index (χ4v) is 2.85. The molecule has 23 heavy (non-hydrogen) atoms. The molecule has 3 rings (SSSR count). The van der Waals surface area contributed by atoms with Gasteiger partial charge in [-0.25, -0.2) is 9.97 Å². The van der Waals surface area contributed by atoms with Gasteiger partial charge in [0.05, 0.1) is 28.9 Å². The normalized spacial score (nSPS) is 23.2. The molecule has 0 fully saturated rings. The van der Waals surface area contributed by atoms with E-state index in [9.17, 15) is 4.79 Å². The molecule has 0 radical (unpaired) electrons. The average molecular weight is 326 g/mol. The number of halogens is 1. The quantitative estimate of drug-likeness (QED) is 0.685. The Morgan fingerprint density at radius 2 is 1.91 bits per heavy atom. The number of hydrogen-bond acceptors (Lipinski definition) is 4. The van der Waals surface area contributed by atoms with Crippen LogP contribution in [0.4, 0.5) is 5.69 Å². The molecule has 0 saturated heterocycles. The van der Waals surface area contributed by atoms with E-state index in [0.717, 1.165) is 11.4 Å². The predicted molar refractivity (Wildman–Crippen MR) is 91.4 cm³/mol. The Bertz CT molecular complexity index is 754. The molecule has 2 aromatic rings. The van der Waals surface area contributed by atoms with E-state index in [4.69, 9.17) is 11.6 Å². The van der Waals surface area contributed by atoms with Gasteiger partial charge in [0.2, 0.25) is 0 Å². The van der Waals surface area contributed by atoms with Gasteiger partial charge in [0.25, 0.3) is 0 Å². The number of allylic oxidation sites excluding steroid dienone is 3. The van der Waals surface area contributed by atoms with Gasteiger partial charge >= 0.3 is 0 Å². The summed E-state index contributed by atoms with van der Waals surface area (Å²) in [7, 11) is 0. The minimum atomic E-state index is -0.806. The third-order valence-corrected chi connectivity index (χ3v) is 4.05. The van der Waals surface area contributed by atoms with Crippen LogP contribution in [0.25, 0.3) is 0 Å². The zero-order valence-corrected chi connectivity index (χ0v) is 13.4. The number of anilines is 1. The molecule has 2 unspecified atom stereocenters. The Hall–Kier alpha value is -2.46. The maximum Gasteiger partial charge on any atom is 0.171 e. The Morgan fingerprint density at radius 3 is 2.57 bits per heavy atom. The number of carbonyl (C=O) groups excluding carboxylic acids is 1. The van der Waals surface area contributed by atoms with Gasteiger partial charge in [-0.1, -0.05) is 36.4 Å². The standard InChI is InChI=1S/C18H16ClN3O/c1-18(19)9-14(22-15-10-20-12-21-11-15)7-8-16(18)17(23)13-5-3-2-4-6-13/h2-12,16,22H,1H3. The summed E-state index contributed by atoms with van der Waals surface area (Å²) in [6.45, 7) is 1.84. The summed E-state index contributed by atoms with van der Waals surface area (Å²) < 4.78 is 0. The lowest BCUT2D eigenvalue weighted by Gasteiger charge is -2.30. The third-order valence-electron chi connectivity index (χ3n) is 3.70. The molecule has 2 atom stereocenters. The van der Waals surface area contributed by atoms with Crippen molar-refractivity contribution in [3.05, 3.63) is 78.5 Å². The van der Waals surface area contributed by atoms with Crippen LogP contribution in [0.3, 0.4) is 0 Å². The number of benzene rings is 1. The molecular weight excluding hydrogens is 310 g/mol. The van der Waals surface area contributed by atoms with Gasteiger partial charge in [0, 0.05) is 11.3 Å². The lowest BCUT2D eigenvalue weighted by atomic mass is 9.82. The second-order valence-electron chi connectivity index (χ2n) is 5.57. The van der Waals surface area contributed by atoms with Gasteiger partial charge in [0.15, 0.2) is 5.78 Å². The number of carbonyl (C=O) groups is 1. The first kappa shape index (κ1) is 15.4. The monoisotopic (exact) mass is 325 g/mol. The zero-order valence-electron chi connectivity index (χ0n) is 12.6. The van der Waals surface area contributed by atoms with Crippen molar-refractivity contribution in [2.24, 2.45) is 5.92 Å². The van der Waals surface area contributed by atoms with Crippen molar-refractivity contribution in [1.29, 1.82) is 0 Å². The number of ketones is 1. The van der Waals surface area contributed by atoms with Crippen molar-refractivity contribution in [3.63, 3.8) is 0 Å². The average Bonchev–Trinajstić information content (AvgIpc) is 2.55. The second-order valence-corrected chi connectivity index (χ2v) is 6.38. The highest BCUT2D eigenvalue weighted by molar-refractivity contribution is 6.28. The molecule has 0 spiro atoms. The van der Waals surface area contributed by atoms with E-state index >= 15 is 0 Å². The lowest BCUT2D eigenvalue weighted by molar-refractivity contribution is 0.0932. The zero-order chi connectivity index (χ0) is 16.3. The van der Waals surface area contributed by atoms with E-state index in [1.165, 1.54) is 6.33 Å². The minimum absolute atomic E-state index is 0.0118. The smallest absolute Gasteiger partial charge is 0.171 e. The third kappa shape index (κ3) is 3.48. The van der Waals surface area contributed by atoms with Gasteiger partial charge in [-0.2, -0.15) is 0 Å². The summed E-state index contributed by atoms with van der Waals surface area (Å²) >= 11 is 6.62. The van der Waals surface area contributed by atoms with Gasteiger partial charge in [-0.05, 0) is 19.1 Å². The molecule has 1 aromatic heterocycles. The summed E-state index contributed by atoms with van der Waals surface area (Å²) in [6.07, 6.45) is 10.4. The Balaban J connectivity index is 1.80. The molecule has 5 heteroatoms. The molecule has 4 nitrogen and oxygen atoms in total. The van der Waals surface area contributed by atoms with Crippen molar-refractivity contribution in [2.45, 2.75) is 11.8 Å². The maximum absolute atomic E-state index is 12.7. The summed E-state index contributed by atoms with van der Waals surface area (Å²) in [5.41, 5.74) is 2.24. The van der Waals surface area contributed by atoms with Crippen LogP contribution >= 0.6 is 11.6 Å². The molecule has 1 aromatic carbocycles. The van der Waals surface area contributed by atoms with E-state index in [0.29, 0.717) is 5.56 Å². The van der Waals surface area contributed by atoms with Crippen molar-refractivity contribution >= 4 is 23.1 Å². The molecule has 0 aliphatic heterocycles. The van der Waals surface area contributed by atoms with Gasteiger partial charge in [0.1, 0.15) is 6.33 Å². The fraction of sp³-hybridized carbons (Fsp3) is 0.167. The van der Waals surface area contributed by atoms with Crippen LogP contribution in [0.15, 0.2) is 73.0 Å². The highest BCUT2D eigenvalue weighted by Gasteiger charge is 2.36. The first-order valence-corrected chi connectivity index (χ1v) is 7.65. The van der Waals surface area contributed by atoms with Crippen LogP contribution in [0.5, 0.6) is 0 Å². The number of nitrogens with zero attached hydrogens (tertiary/aromatic N) is 2. The summed E-state index contributed by atoms with van der Waals surface area (Å²) in [4.78, 5) is 19.8. The Morgan fingerprint density at radius 1 is 1.22 bits per heavy atom. The van der Waals surface area contributed by atoms with Crippen molar-refractivity contribution in [2.75, 3.05) is 5.32 Å². The summed E-state index contributed by atoms with van der Waals surface area (Å²) in [5.74, 6) is -0.401. The van der Waals surface area contributed by atoms with Crippen LogP contribution < -0.4 is 5.32 Å². The molecule has 0 amide bonds. The first-order chi connectivity index (χ1) is 11.1. The van der Waals surface area contributed by atoms with E-state index < -0.39 is 10.8 Å². The molecular formula is C18H16ClN3O. The van der Waals surface area contributed by atoms with E-state index in [1.54, 1.807) is 12.4 Å². The van der Waals surface area contributed by atoms with E-state index in [-0.39, 0.29) is 5.78 Å². The number of Topliss-reactive ketones (excluding diaryl/α,β-unsaturated/α-hetero) is 1. The SMILES string of the molecule is CC1(Cl)C=C(Nc2cncnc2)C=CC1C(=O)c1ccccc1. The first-order valence-electron chi connectivity index (χ1n) is 7.27. The minimum Gasteiger partial charge on any atom is -0.353 e. The Kier molecular flexibility index (Phi) is 4.26. The van der Waals surface area contributed by atoms with Crippen molar-refractivity contribution in [1.82, 2.24) is 9.97 Å². The number of nitrogens with one attached hydrogen (secondary N) is 1. The number of hydrogen-bond donors (Lipinski definition) is 1. The topological polar surface area (TPSA) is 54.9 Å². The molecule has 1 aliphatic carbocycles. The molecule has 1 N–H and O–H groups in total. The maximum atomic E-state index is 12.7. The van der Waals surface area contributed by atoms with Crippen LogP contribution in [-0.2, 0) is 0 Å². The molecule has 0 saturated carbocycles. The van der Waals surface area contributed by atoms with Gasteiger partial charge in [-0.15, -0.1) is 11.6 Å². The van der Waals surface area contributed by atoms with E-state index in [2.05, 4.69) is 15.3 Å². The highest BCUT2D eigenvalue weighted by atomic mass is 35.5. The molecule has 116 valence electrons. The van der Waals surface area contributed by atoms with Crippen LogP contribution in [-0.4, -0.2) is 20.6 Å². The number of rotatable bonds is 4. The van der Waals surface area contributed by atoms with Crippen LogP contribution in [0.1, 0.15) is 17.3 Å². The van der Waals surface area contributed by atoms with Crippen molar-refractivity contribution < 1.29 is 4.79 Å². The summed E-state index contributed by atoms with van der Waals surface area (Å²) in [5, 5.41) is 3.19. The Labute approximate surface area is 139 Å². The van der Waals surface area contributed by atoms with Crippen LogP contribution in [0.2, 0.25) is 0 Å². The predicted octanol–water partition coefficient (Wildman–Crippen LogP) is 3.84. The largest absolute Gasteiger partial charge is 0.353 e. The fourth-order valence-electron chi connectivity index (χ4n) is 2.56. The van der Waals surface area contributed by atoms with Crippen LogP contribution in [0, 0.1) is 5.92 Å². The van der Waals surface area contributed by atoms with Gasteiger partial charge < -0.3 is 5.32 Å². The number of aromatic nitrogens is 2. The molecule has 1 heterocycles. The molecule has 1 aliphatic rings. The number of alkyl halides is 1. The second kappa shape index (κ2) is 6.34. The van der Waals surface area contributed by atoms with Crippen molar-refractivity contribution in [3.8, 4) is 0 Å². The summed E-state index contributed by atoms with van der Waals surface area (Å²) in [6, 6.07) is 9.20. The van der Waals surface area contributed by atoms with E-state index in [1.807, 2.05) is 55.5 Å². The van der Waals surface area contributed by atoms with Gasteiger partial charge in [-0.3, -0.25) is 4.79 Å². The molecule has 0 bridgehead atoms. The lowest BCUT2D eigenvalue weighted by Crippen LogP contribution is -2.34. The highest BCUT2D eigenvalue weighted by Crippen LogP contribution is 2.35.